The Hall–Kier alpha value is -0.0200. The summed E-state index contributed by atoms with van der Waals surface area (Å²) in [6.07, 6.45) is 6.17. The Labute approximate surface area is 94.3 Å². The number of hydrogen-bond donors (Lipinski definition) is 0. The lowest BCUT2D eigenvalue weighted by atomic mass is 10.2. The minimum atomic E-state index is 0.634. The van der Waals surface area contributed by atoms with Crippen LogP contribution in [0.5, 0.6) is 0 Å². The van der Waals surface area contributed by atoms with Crippen LogP contribution in [-0.4, -0.2) is 10.7 Å². The summed E-state index contributed by atoms with van der Waals surface area (Å²) in [5.41, 5.74) is 0. The SMILES string of the molecule is CC(C)c1cnc(C2CCCCS2)s1. The molecule has 1 aliphatic heterocycles. The van der Waals surface area contributed by atoms with Crippen molar-refractivity contribution in [1.29, 1.82) is 0 Å². The Morgan fingerprint density at radius 3 is 2.86 bits per heavy atom. The third-order valence-corrected chi connectivity index (χ3v) is 5.51. The van der Waals surface area contributed by atoms with Crippen LogP contribution in [0.3, 0.4) is 0 Å². The molecule has 0 bridgehead atoms. The monoisotopic (exact) mass is 227 g/mol. The molecule has 0 spiro atoms. The molecular weight excluding hydrogens is 210 g/mol. The maximum Gasteiger partial charge on any atom is 0.106 e. The number of aromatic nitrogens is 1. The molecule has 1 atom stereocenters. The van der Waals surface area contributed by atoms with Gasteiger partial charge >= 0.3 is 0 Å². The molecule has 1 aromatic heterocycles. The Balaban J connectivity index is 2.07. The first-order valence-corrected chi connectivity index (χ1v) is 7.21. The van der Waals surface area contributed by atoms with Crippen molar-refractivity contribution in [2.24, 2.45) is 0 Å². The summed E-state index contributed by atoms with van der Waals surface area (Å²) >= 11 is 4.00. The van der Waals surface area contributed by atoms with Crippen LogP contribution in [0, 0.1) is 0 Å². The van der Waals surface area contributed by atoms with E-state index in [1.54, 1.807) is 0 Å². The van der Waals surface area contributed by atoms with E-state index in [2.05, 4.69) is 36.8 Å². The predicted molar refractivity (Wildman–Crippen MR) is 65.3 cm³/mol. The Morgan fingerprint density at radius 1 is 1.43 bits per heavy atom. The Morgan fingerprint density at radius 2 is 2.29 bits per heavy atom. The second-order valence-electron chi connectivity index (χ2n) is 4.11. The third kappa shape index (κ3) is 2.31. The average molecular weight is 227 g/mol. The molecule has 1 aromatic rings. The minimum absolute atomic E-state index is 0.634. The molecule has 0 radical (unpaired) electrons. The molecule has 2 heterocycles. The van der Waals surface area contributed by atoms with Gasteiger partial charge in [-0.25, -0.2) is 4.98 Å². The van der Waals surface area contributed by atoms with E-state index in [1.807, 2.05) is 11.3 Å². The fraction of sp³-hybridized carbons (Fsp3) is 0.727. The molecule has 0 aliphatic carbocycles. The van der Waals surface area contributed by atoms with Crippen LogP contribution in [0.15, 0.2) is 6.20 Å². The van der Waals surface area contributed by atoms with Crippen LogP contribution >= 0.6 is 23.1 Å². The highest BCUT2D eigenvalue weighted by molar-refractivity contribution is 7.99. The molecule has 2 rings (SSSR count). The van der Waals surface area contributed by atoms with Gasteiger partial charge in [0.2, 0.25) is 0 Å². The lowest BCUT2D eigenvalue weighted by molar-refractivity contribution is 0.683. The van der Waals surface area contributed by atoms with Crippen molar-refractivity contribution in [3.63, 3.8) is 0 Å². The lowest BCUT2D eigenvalue weighted by Gasteiger charge is -2.18. The molecular formula is C11H17NS2. The highest BCUT2D eigenvalue weighted by atomic mass is 32.2. The van der Waals surface area contributed by atoms with Crippen LogP contribution < -0.4 is 0 Å². The molecule has 1 nitrogen and oxygen atoms in total. The summed E-state index contributed by atoms with van der Waals surface area (Å²) in [4.78, 5) is 6.00. The number of rotatable bonds is 2. The van der Waals surface area contributed by atoms with Crippen molar-refractivity contribution in [3.8, 4) is 0 Å². The molecule has 3 heteroatoms. The number of hydrogen-bond acceptors (Lipinski definition) is 3. The predicted octanol–water partition coefficient (Wildman–Crippen LogP) is 4.22. The normalized spacial score (nSPS) is 22.9. The summed E-state index contributed by atoms with van der Waals surface area (Å²) in [7, 11) is 0. The zero-order valence-electron chi connectivity index (χ0n) is 8.82. The molecule has 0 saturated carbocycles. The molecule has 78 valence electrons. The van der Waals surface area contributed by atoms with Crippen LogP contribution in [0.2, 0.25) is 0 Å². The van der Waals surface area contributed by atoms with Crippen molar-refractivity contribution in [2.75, 3.05) is 5.75 Å². The topological polar surface area (TPSA) is 12.9 Å². The van der Waals surface area contributed by atoms with Gasteiger partial charge in [0, 0.05) is 11.1 Å². The summed E-state index contributed by atoms with van der Waals surface area (Å²) in [6.45, 7) is 4.48. The van der Waals surface area contributed by atoms with Gasteiger partial charge < -0.3 is 0 Å². The quantitative estimate of drug-likeness (QED) is 0.750. The molecule has 1 unspecified atom stereocenters. The fourth-order valence-electron chi connectivity index (χ4n) is 1.65. The van der Waals surface area contributed by atoms with Crippen molar-refractivity contribution in [2.45, 2.75) is 44.3 Å². The van der Waals surface area contributed by atoms with Gasteiger partial charge in [0.25, 0.3) is 0 Å². The number of thioether (sulfide) groups is 1. The van der Waals surface area contributed by atoms with Gasteiger partial charge in [-0.2, -0.15) is 11.8 Å². The van der Waals surface area contributed by atoms with Crippen molar-refractivity contribution < 1.29 is 0 Å². The summed E-state index contributed by atoms with van der Waals surface area (Å²) in [6, 6.07) is 0. The van der Waals surface area contributed by atoms with E-state index in [9.17, 15) is 0 Å². The van der Waals surface area contributed by atoms with Gasteiger partial charge in [0.1, 0.15) is 5.01 Å². The Kier molecular flexibility index (Phi) is 3.50. The minimum Gasteiger partial charge on any atom is -0.248 e. The van der Waals surface area contributed by atoms with E-state index in [0.29, 0.717) is 11.2 Å². The highest BCUT2D eigenvalue weighted by Crippen LogP contribution is 2.40. The van der Waals surface area contributed by atoms with Crippen LogP contribution in [0.4, 0.5) is 0 Å². The summed E-state index contributed by atoms with van der Waals surface area (Å²) in [5, 5.41) is 2.06. The van der Waals surface area contributed by atoms with Crippen LogP contribution in [0.1, 0.15) is 54.2 Å². The van der Waals surface area contributed by atoms with Crippen molar-refractivity contribution in [3.05, 3.63) is 16.1 Å². The molecule has 14 heavy (non-hydrogen) atoms. The second kappa shape index (κ2) is 4.67. The van der Waals surface area contributed by atoms with Crippen LogP contribution in [0.25, 0.3) is 0 Å². The number of nitrogens with zero attached hydrogens (tertiary/aromatic N) is 1. The molecule has 0 N–H and O–H groups in total. The highest BCUT2D eigenvalue weighted by Gasteiger charge is 2.19. The van der Waals surface area contributed by atoms with Gasteiger partial charge in [-0.1, -0.05) is 20.3 Å². The van der Waals surface area contributed by atoms with E-state index >= 15 is 0 Å². The standard InChI is InChI=1S/C11H17NS2/c1-8(2)10-7-12-11(14-10)9-5-3-4-6-13-9/h7-9H,3-6H2,1-2H3. The molecule has 1 aliphatic rings. The smallest absolute Gasteiger partial charge is 0.106 e. The maximum atomic E-state index is 4.56. The van der Waals surface area contributed by atoms with E-state index in [4.69, 9.17) is 0 Å². The zero-order valence-corrected chi connectivity index (χ0v) is 10.5. The van der Waals surface area contributed by atoms with Crippen molar-refractivity contribution >= 4 is 23.1 Å². The number of thiazole rings is 1. The Bertz CT molecular complexity index is 287. The zero-order chi connectivity index (χ0) is 9.97. The van der Waals surface area contributed by atoms with Gasteiger partial charge in [0.05, 0.1) is 5.25 Å². The molecule has 0 amide bonds. The molecule has 0 aromatic carbocycles. The second-order valence-corrected chi connectivity index (χ2v) is 6.52. The molecule has 1 fully saturated rings. The van der Waals surface area contributed by atoms with E-state index in [1.165, 1.54) is 34.9 Å². The van der Waals surface area contributed by atoms with Gasteiger partial charge in [-0.05, 0) is 24.5 Å². The maximum absolute atomic E-state index is 4.56. The third-order valence-electron chi connectivity index (χ3n) is 2.57. The molecule has 1 saturated heterocycles. The van der Waals surface area contributed by atoms with E-state index in [-0.39, 0.29) is 0 Å². The van der Waals surface area contributed by atoms with Crippen molar-refractivity contribution in [1.82, 2.24) is 4.98 Å². The average Bonchev–Trinajstić information content (AvgIpc) is 2.68. The van der Waals surface area contributed by atoms with Crippen LogP contribution in [-0.2, 0) is 0 Å². The largest absolute Gasteiger partial charge is 0.248 e. The van der Waals surface area contributed by atoms with Gasteiger partial charge in [0.15, 0.2) is 0 Å². The van der Waals surface area contributed by atoms with Gasteiger partial charge in [-0.15, -0.1) is 11.3 Å². The first kappa shape index (κ1) is 10.5. The summed E-state index contributed by atoms with van der Waals surface area (Å²) < 4.78 is 0. The first-order valence-electron chi connectivity index (χ1n) is 5.34. The lowest BCUT2D eigenvalue weighted by Crippen LogP contribution is -2.01. The van der Waals surface area contributed by atoms with E-state index in [0.717, 1.165) is 0 Å². The first-order chi connectivity index (χ1) is 6.77. The summed E-state index contributed by atoms with van der Waals surface area (Å²) in [5.74, 6) is 1.95. The fourth-order valence-corrected chi connectivity index (χ4v) is 4.13. The van der Waals surface area contributed by atoms with Gasteiger partial charge in [-0.3, -0.25) is 0 Å². The van der Waals surface area contributed by atoms with E-state index < -0.39 is 0 Å².